The van der Waals surface area contributed by atoms with E-state index in [9.17, 15) is 14.7 Å². The van der Waals surface area contributed by atoms with Crippen LogP contribution in [-0.2, 0) is 14.3 Å². The van der Waals surface area contributed by atoms with Crippen LogP contribution in [0.1, 0.15) is 79.1 Å². The first kappa shape index (κ1) is 20.0. The minimum absolute atomic E-state index is 0.0398. The van der Waals surface area contributed by atoms with Gasteiger partial charge < -0.3 is 9.84 Å². The van der Waals surface area contributed by atoms with E-state index >= 15 is 0 Å². The number of fused-ring (bicyclic) bond motifs is 3. The first-order valence-corrected chi connectivity index (χ1v) is 11.1. The van der Waals surface area contributed by atoms with E-state index in [0.717, 1.165) is 51.4 Å². The van der Waals surface area contributed by atoms with Gasteiger partial charge in [0.05, 0.1) is 11.3 Å². The van der Waals surface area contributed by atoms with Crippen LogP contribution >= 0.6 is 0 Å². The summed E-state index contributed by atoms with van der Waals surface area (Å²) in [7, 11) is 0. The fourth-order valence-corrected chi connectivity index (χ4v) is 7.96. The van der Waals surface area contributed by atoms with E-state index < -0.39 is 11.4 Å². The maximum Gasteiger partial charge on any atom is 0.309 e. The zero-order valence-electron chi connectivity index (χ0n) is 17.9. The third kappa shape index (κ3) is 2.62. The summed E-state index contributed by atoms with van der Waals surface area (Å²) in [5.41, 5.74) is 0.847. The Labute approximate surface area is 169 Å². The molecular weight excluding hydrogens is 352 g/mol. The summed E-state index contributed by atoms with van der Waals surface area (Å²) in [5, 5.41) is 10.0. The van der Waals surface area contributed by atoms with Crippen LogP contribution in [0.25, 0.3) is 0 Å². The van der Waals surface area contributed by atoms with Gasteiger partial charge in [-0.15, -0.1) is 0 Å². The Bertz CT molecular complexity index is 711. The molecule has 0 aromatic carbocycles. The third-order valence-corrected chi connectivity index (χ3v) is 9.32. The van der Waals surface area contributed by atoms with Gasteiger partial charge >= 0.3 is 11.9 Å². The highest BCUT2D eigenvalue weighted by molar-refractivity contribution is 5.75. The van der Waals surface area contributed by atoms with Crippen LogP contribution in [-0.4, -0.2) is 23.1 Å². The molecule has 0 heterocycles. The Morgan fingerprint density at radius 1 is 1.18 bits per heavy atom. The van der Waals surface area contributed by atoms with Gasteiger partial charge in [0, 0.05) is 5.92 Å². The summed E-state index contributed by atoms with van der Waals surface area (Å²) >= 11 is 0. The predicted octanol–water partition coefficient (Wildman–Crippen LogP) is 5.22. The molecule has 5 aliphatic carbocycles. The zero-order chi connectivity index (χ0) is 20.5. The van der Waals surface area contributed by atoms with Crippen molar-refractivity contribution in [2.75, 3.05) is 0 Å². The number of carboxylic acid groups (broad SMARTS) is 1. The normalized spacial score (nSPS) is 47.4. The van der Waals surface area contributed by atoms with Crippen molar-refractivity contribution in [3.63, 3.8) is 0 Å². The minimum atomic E-state index is -0.617. The average molecular weight is 389 g/mol. The van der Waals surface area contributed by atoms with Gasteiger partial charge in [-0.1, -0.05) is 39.3 Å². The van der Waals surface area contributed by atoms with Crippen LogP contribution in [0.2, 0.25) is 0 Å². The molecule has 5 saturated carbocycles. The van der Waals surface area contributed by atoms with Crippen molar-refractivity contribution >= 4 is 11.9 Å². The molecule has 0 aliphatic heterocycles. The smallest absolute Gasteiger partial charge is 0.309 e. The van der Waals surface area contributed by atoms with Gasteiger partial charge in [0.1, 0.15) is 6.10 Å². The molecule has 0 amide bonds. The highest BCUT2D eigenvalue weighted by Crippen LogP contribution is 2.72. The van der Waals surface area contributed by atoms with Gasteiger partial charge in [0.2, 0.25) is 0 Å². The number of esters is 1. The second kappa shape index (κ2) is 6.34. The molecule has 1 N–H and O–H groups in total. The van der Waals surface area contributed by atoms with Crippen molar-refractivity contribution < 1.29 is 19.4 Å². The second-order valence-corrected chi connectivity index (χ2v) is 11.1. The predicted molar refractivity (Wildman–Crippen MR) is 108 cm³/mol. The molecule has 7 atom stereocenters. The number of carboxylic acids is 1. The summed E-state index contributed by atoms with van der Waals surface area (Å²) in [6.07, 6.45) is 7.88. The van der Waals surface area contributed by atoms with Crippen molar-refractivity contribution in [1.29, 1.82) is 0 Å². The average Bonchev–Trinajstić information content (AvgIpc) is 2.60. The van der Waals surface area contributed by atoms with Crippen molar-refractivity contribution in [3.05, 3.63) is 12.2 Å². The van der Waals surface area contributed by atoms with E-state index in [1.807, 2.05) is 20.8 Å². The zero-order valence-corrected chi connectivity index (χ0v) is 17.9. The highest BCUT2D eigenvalue weighted by atomic mass is 16.5. The van der Waals surface area contributed by atoms with E-state index in [4.69, 9.17) is 4.74 Å². The lowest BCUT2D eigenvalue weighted by Crippen LogP contribution is -2.63. The van der Waals surface area contributed by atoms with E-state index in [2.05, 4.69) is 13.5 Å². The van der Waals surface area contributed by atoms with Crippen LogP contribution in [0.3, 0.4) is 0 Å². The lowest BCUT2D eigenvalue weighted by Gasteiger charge is -2.68. The molecule has 156 valence electrons. The Morgan fingerprint density at radius 2 is 1.89 bits per heavy atom. The SMILES string of the molecule is C=C1C[C@@]23CC[C@H]4[C@@](C)(CCC[C@@]4(C)C(=O)O)[C@@H]2C[C@@H]1[C@H](OC(=O)C(C)C)C3. The first-order chi connectivity index (χ1) is 13.0. The third-order valence-electron chi connectivity index (χ3n) is 9.32. The van der Waals surface area contributed by atoms with Gasteiger partial charge in [-0.05, 0) is 74.5 Å². The molecule has 28 heavy (non-hydrogen) atoms. The number of rotatable bonds is 3. The highest BCUT2D eigenvalue weighted by Gasteiger charge is 2.66. The number of carbonyl (C=O) groups is 2. The molecule has 5 rings (SSSR count). The van der Waals surface area contributed by atoms with Crippen LogP contribution < -0.4 is 0 Å². The molecule has 4 heteroatoms. The Kier molecular flexibility index (Phi) is 4.52. The molecule has 5 fully saturated rings. The van der Waals surface area contributed by atoms with Crippen LogP contribution in [0.15, 0.2) is 12.2 Å². The van der Waals surface area contributed by atoms with Crippen LogP contribution in [0, 0.1) is 39.9 Å². The number of ether oxygens (including phenoxy) is 1. The van der Waals surface area contributed by atoms with Crippen molar-refractivity contribution in [2.45, 2.75) is 85.2 Å². The summed E-state index contributed by atoms with van der Waals surface area (Å²) in [6, 6.07) is 0. The molecule has 0 unspecified atom stereocenters. The molecule has 2 bridgehead atoms. The van der Waals surface area contributed by atoms with Gasteiger partial charge in [0.25, 0.3) is 0 Å². The minimum Gasteiger partial charge on any atom is -0.481 e. The number of aliphatic carboxylic acids is 1. The Hall–Kier alpha value is -1.32. The standard InChI is InChI=1S/C24H36O4/c1-14(2)20(25)28-17-13-24-10-7-18-22(4,8-6-9-23(18,5)21(26)27)19(24)11-16(17)15(3)12-24/h14,16-19H,3,6-13H2,1-2,4-5H3,(H,26,27)/t16-,17+,18-,19-,22+,23+,24+/m0/s1. The van der Waals surface area contributed by atoms with Gasteiger partial charge in [-0.2, -0.15) is 0 Å². The molecule has 1 spiro atoms. The maximum absolute atomic E-state index is 12.3. The summed E-state index contributed by atoms with van der Waals surface area (Å²) in [4.78, 5) is 24.5. The number of carbonyl (C=O) groups excluding carboxylic acids is 1. The van der Waals surface area contributed by atoms with Crippen molar-refractivity contribution in [1.82, 2.24) is 0 Å². The maximum atomic E-state index is 12.3. The van der Waals surface area contributed by atoms with E-state index in [-0.39, 0.29) is 40.7 Å². The molecule has 4 nitrogen and oxygen atoms in total. The molecule has 0 saturated heterocycles. The first-order valence-electron chi connectivity index (χ1n) is 11.1. The molecule has 5 aliphatic rings. The summed E-state index contributed by atoms with van der Waals surface area (Å²) in [5.74, 6) is 0.171. The fourth-order valence-electron chi connectivity index (χ4n) is 7.96. The molecule has 0 aromatic heterocycles. The second-order valence-electron chi connectivity index (χ2n) is 11.1. The molecular formula is C24H36O4. The van der Waals surface area contributed by atoms with Crippen molar-refractivity contribution in [3.8, 4) is 0 Å². The molecule has 0 radical (unpaired) electrons. The van der Waals surface area contributed by atoms with Crippen molar-refractivity contribution in [2.24, 2.45) is 39.9 Å². The van der Waals surface area contributed by atoms with E-state index in [1.54, 1.807) is 0 Å². The largest absolute Gasteiger partial charge is 0.481 e. The monoisotopic (exact) mass is 388 g/mol. The summed E-state index contributed by atoms with van der Waals surface area (Å²) < 4.78 is 5.96. The molecule has 0 aromatic rings. The number of hydrogen-bond acceptors (Lipinski definition) is 3. The van der Waals surface area contributed by atoms with Gasteiger partial charge in [-0.25, -0.2) is 0 Å². The van der Waals surface area contributed by atoms with Gasteiger partial charge in [-0.3, -0.25) is 9.59 Å². The van der Waals surface area contributed by atoms with Crippen LogP contribution in [0.4, 0.5) is 0 Å². The number of hydrogen-bond donors (Lipinski definition) is 1. The lowest BCUT2D eigenvalue weighted by atomic mass is 9.36. The lowest BCUT2D eigenvalue weighted by molar-refractivity contribution is -0.209. The topological polar surface area (TPSA) is 63.6 Å². The fraction of sp³-hybridized carbons (Fsp3) is 0.833. The van der Waals surface area contributed by atoms with E-state index in [1.165, 1.54) is 5.57 Å². The Balaban J connectivity index is 1.66. The summed E-state index contributed by atoms with van der Waals surface area (Å²) in [6.45, 7) is 12.5. The van der Waals surface area contributed by atoms with Crippen LogP contribution in [0.5, 0.6) is 0 Å². The van der Waals surface area contributed by atoms with E-state index in [0.29, 0.717) is 5.92 Å². The Morgan fingerprint density at radius 3 is 2.54 bits per heavy atom. The quantitative estimate of drug-likeness (QED) is 0.532. The van der Waals surface area contributed by atoms with Gasteiger partial charge in [0.15, 0.2) is 0 Å².